The number of benzene rings is 1. The van der Waals surface area contributed by atoms with Crippen LogP contribution in [0.3, 0.4) is 0 Å². The molecule has 1 unspecified atom stereocenters. The van der Waals surface area contributed by atoms with Crippen LogP contribution in [0.1, 0.15) is 36.1 Å². The molecule has 0 bridgehead atoms. The predicted octanol–water partition coefficient (Wildman–Crippen LogP) is 3.05. The molecule has 108 valence electrons. The summed E-state index contributed by atoms with van der Waals surface area (Å²) in [6.45, 7) is 6.44. The Balaban J connectivity index is 2.11. The smallest absolute Gasteiger partial charge is 0.0631 e. The third kappa shape index (κ3) is 4.20. The second-order valence-corrected chi connectivity index (χ2v) is 5.50. The molecule has 1 aromatic heterocycles. The molecule has 1 N–H and O–H groups in total. The first-order valence-corrected chi connectivity index (χ1v) is 7.45. The van der Waals surface area contributed by atoms with E-state index in [1.165, 1.54) is 17.5 Å². The Labute approximate surface area is 122 Å². The van der Waals surface area contributed by atoms with E-state index in [-0.39, 0.29) is 0 Å². The van der Waals surface area contributed by atoms with Crippen molar-refractivity contribution in [1.29, 1.82) is 0 Å². The average Bonchev–Trinajstić information content (AvgIpc) is 2.83. The lowest BCUT2D eigenvalue weighted by molar-refractivity contribution is 0.567. The number of hydrogen-bond donors (Lipinski definition) is 1. The zero-order valence-corrected chi connectivity index (χ0v) is 12.8. The molecule has 0 aliphatic carbocycles. The number of aromatic nitrogens is 2. The maximum Gasteiger partial charge on any atom is 0.0631 e. The molecular formula is C17H25N3. The molecule has 1 heterocycles. The van der Waals surface area contributed by atoms with E-state index in [0.29, 0.717) is 5.92 Å². The van der Waals surface area contributed by atoms with Gasteiger partial charge in [0.2, 0.25) is 0 Å². The highest BCUT2D eigenvalue weighted by Crippen LogP contribution is 2.20. The van der Waals surface area contributed by atoms with Gasteiger partial charge in [-0.05, 0) is 37.9 Å². The minimum Gasteiger partial charge on any atom is -0.316 e. The van der Waals surface area contributed by atoms with Crippen molar-refractivity contribution >= 4 is 0 Å². The summed E-state index contributed by atoms with van der Waals surface area (Å²) in [6.07, 6.45) is 4.17. The van der Waals surface area contributed by atoms with Gasteiger partial charge in [0.1, 0.15) is 0 Å². The molecule has 0 saturated heterocycles. The van der Waals surface area contributed by atoms with E-state index in [2.05, 4.69) is 54.6 Å². The summed E-state index contributed by atoms with van der Waals surface area (Å²) in [7, 11) is 1.97. The number of hydrogen-bond acceptors (Lipinski definition) is 2. The first-order chi connectivity index (χ1) is 9.69. The molecule has 0 aliphatic heterocycles. The first-order valence-electron chi connectivity index (χ1n) is 7.45. The van der Waals surface area contributed by atoms with Gasteiger partial charge in [-0.3, -0.25) is 4.68 Å². The van der Waals surface area contributed by atoms with E-state index in [1.807, 2.05) is 17.9 Å². The van der Waals surface area contributed by atoms with Gasteiger partial charge in [-0.25, -0.2) is 0 Å². The van der Waals surface area contributed by atoms with Crippen LogP contribution in [0.2, 0.25) is 0 Å². The van der Waals surface area contributed by atoms with E-state index >= 15 is 0 Å². The molecule has 2 aromatic rings. The van der Waals surface area contributed by atoms with Crippen LogP contribution in [0.4, 0.5) is 0 Å². The highest BCUT2D eigenvalue weighted by molar-refractivity contribution is 5.27. The molecule has 0 spiro atoms. The maximum absolute atomic E-state index is 4.52. The second-order valence-electron chi connectivity index (χ2n) is 5.50. The van der Waals surface area contributed by atoms with Gasteiger partial charge in [-0.2, -0.15) is 5.10 Å². The molecule has 0 fully saturated rings. The SMILES string of the molecule is CCCNCC(Cc1ccn(C)n1)c1cccc(C)c1. The van der Waals surface area contributed by atoms with Gasteiger partial charge < -0.3 is 5.32 Å². The highest BCUT2D eigenvalue weighted by Gasteiger charge is 2.13. The van der Waals surface area contributed by atoms with Crippen molar-refractivity contribution in [3.05, 3.63) is 53.3 Å². The average molecular weight is 271 g/mol. The van der Waals surface area contributed by atoms with Crippen LogP contribution >= 0.6 is 0 Å². The summed E-state index contributed by atoms with van der Waals surface area (Å²) >= 11 is 0. The van der Waals surface area contributed by atoms with E-state index in [0.717, 1.165) is 25.2 Å². The Hall–Kier alpha value is -1.61. The normalized spacial score (nSPS) is 12.6. The number of nitrogens with zero attached hydrogens (tertiary/aromatic N) is 2. The van der Waals surface area contributed by atoms with Gasteiger partial charge in [0.25, 0.3) is 0 Å². The minimum absolute atomic E-state index is 0.483. The summed E-state index contributed by atoms with van der Waals surface area (Å²) in [5.41, 5.74) is 3.89. The minimum atomic E-state index is 0.483. The van der Waals surface area contributed by atoms with Crippen molar-refractivity contribution in [3.63, 3.8) is 0 Å². The summed E-state index contributed by atoms with van der Waals surface area (Å²) in [4.78, 5) is 0. The van der Waals surface area contributed by atoms with Crippen LogP contribution in [-0.2, 0) is 13.5 Å². The van der Waals surface area contributed by atoms with E-state index in [9.17, 15) is 0 Å². The highest BCUT2D eigenvalue weighted by atomic mass is 15.2. The number of rotatable bonds is 7. The summed E-state index contributed by atoms with van der Waals surface area (Å²) in [6, 6.07) is 10.9. The Morgan fingerprint density at radius 2 is 2.15 bits per heavy atom. The Kier molecular flexibility index (Phi) is 5.36. The Bertz CT molecular complexity index is 531. The summed E-state index contributed by atoms with van der Waals surface area (Å²) in [5.74, 6) is 0.483. The van der Waals surface area contributed by atoms with Crippen molar-refractivity contribution in [1.82, 2.24) is 15.1 Å². The van der Waals surface area contributed by atoms with Crippen molar-refractivity contribution in [2.45, 2.75) is 32.6 Å². The molecule has 3 nitrogen and oxygen atoms in total. The molecule has 0 saturated carbocycles. The Morgan fingerprint density at radius 1 is 1.30 bits per heavy atom. The van der Waals surface area contributed by atoms with E-state index < -0.39 is 0 Å². The molecular weight excluding hydrogens is 246 g/mol. The molecule has 1 aromatic carbocycles. The van der Waals surface area contributed by atoms with Crippen molar-refractivity contribution in [2.75, 3.05) is 13.1 Å². The monoisotopic (exact) mass is 271 g/mol. The van der Waals surface area contributed by atoms with Gasteiger partial charge in [-0.15, -0.1) is 0 Å². The quantitative estimate of drug-likeness (QED) is 0.784. The topological polar surface area (TPSA) is 29.9 Å². The fraction of sp³-hybridized carbons (Fsp3) is 0.471. The lowest BCUT2D eigenvalue weighted by Crippen LogP contribution is -2.24. The van der Waals surface area contributed by atoms with Gasteiger partial charge in [0, 0.05) is 25.7 Å². The van der Waals surface area contributed by atoms with Crippen molar-refractivity contribution < 1.29 is 0 Å². The van der Waals surface area contributed by atoms with Crippen LogP contribution in [0.5, 0.6) is 0 Å². The fourth-order valence-corrected chi connectivity index (χ4v) is 2.51. The zero-order chi connectivity index (χ0) is 14.4. The molecule has 1 atom stereocenters. The van der Waals surface area contributed by atoms with Crippen molar-refractivity contribution in [3.8, 4) is 0 Å². The third-order valence-electron chi connectivity index (χ3n) is 3.56. The summed E-state index contributed by atoms with van der Waals surface area (Å²) in [5, 5.41) is 8.06. The van der Waals surface area contributed by atoms with Gasteiger partial charge in [0.05, 0.1) is 5.69 Å². The zero-order valence-electron chi connectivity index (χ0n) is 12.8. The maximum atomic E-state index is 4.52. The first kappa shape index (κ1) is 14.8. The lowest BCUT2D eigenvalue weighted by atomic mass is 9.93. The van der Waals surface area contributed by atoms with Crippen LogP contribution in [-0.4, -0.2) is 22.9 Å². The van der Waals surface area contributed by atoms with Crippen LogP contribution in [0.15, 0.2) is 36.5 Å². The Morgan fingerprint density at radius 3 is 2.80 bits per heavy atom. The third-order valence-corrected chi connectivity index (χ3v) is 3.56. The largest absolute Gasteiger partial charge is 0.316 e. The molecule has 3 heteroatoms. The molecule has 0 aliphatic rings. The number of aryl methyl sites for hydroxylation is 2. The van der Waals surface area contributed by atoms with Gasteiger partial charge >= 0.3 is 0 Å². The van der Waals surface area contributed by atoms with E-state index in [4.69, 9.17) is 0 Å². The molecule has 0 amide bonds. The van der Waals surface area contributed by atoms with Gasteiger partial charge in [0.15, 0.2) is 0 Å². The summed E-state index contributed by atoms with van der Waals surface area (Å²) < 4.78 is 1.88. The van der Waals surface area contributed by atoms with E-state index in [1.54, 1.807) is 0 Å². The fourth-order valence-electron chi connectivity index (χ4n) is 2.51. The predicted molar refractivity (Wildman–Crippen MR) is 84.0 cm³/mol. The van der Waals surface area contributed by atoms with Crippen LogP contribution in [0.25, 0.3) is 0 Å². The van der Waals surface area contributed by atoms with Crippen LogP contribution in [0, 0.1) is 6.92 Å². The standard InChI is InChI=1S/C17H25N3/c1-4-9-18-13-16(12-17-8-10-20(3)19-17)15-7-5-6-14(2)11-15/h5-8,10-11,16,18H,4,9,12-13H2,1-3H3. The molecule has 2 rings (SSSR count). The lowest BCUT2D eigenvalue weighted by Gasteiger charge is -2.17. The molecule has 20 heavy (non-hydrogen) atoms. The van der Waals surface area contributed by atoms with Crippen LogP contribution < -0.4 is 5.32 Å². The molecule has 0 radical (unpaired) electrons. The van der Waals surface area contributed by atoms with Crippen molar-refractivity contribution in [2.24, 2.45) is 7.05 Å². The van der Waals surface area contributed by atoms with Gasteiger partial charge in [-0.1, -0.05) is 36.8 Å². The second kappa shape index (κ2) is 7.25. The number of nitrogens with one attached hydrogen (secondary N) is 1.